The van der Waals surface area contributed by atoms with E-state index in [1.54, 1.807) is 18.7 Å². The lowest BCUT2D eigenvalue weighted by Crippen LogP contribution is -2.43. The normalized spacial score (nSPS) is 22.7. The number of urea groups is 1. The molecule has 2 aliphatic rings. The topological polar surface area (TPSA) is 67.2 Å². The van der Waals surface area contributed by atoms with Crippen molar-refractivity contribution in [3.63, 3.8) is 0 Å². The molecule has 1 N–H and O–H groups in total. The van der Waals surface area contributed by atoms with Gasteiger partial charge in [-0.3, -0.25) is 14.8 Å². The van der Waals surface area contributed by atoms with Gasteiger partial charge in [-0.1, -0.05) is 19.3 Å². The summed E-state index contributed by atoms with van der Waals surface area (Å²) in [6.07, 6.45) is 8.18. The summed E-state index contributed by atoms with van der Waals surface area (Å²) in [6, 6.07) is 2.09. The third-order valence-electron chi connectivity index (χ3n) is 4.63. The highest BCUT2D eigenvalue weighted by Crippen LogP contribution is 2.28. The lowest BCUT2D eigenvalue weighted by molar-refractivity contribution is -0.125. The summed E-state index contributed by atoms with van der Waals surface area (Å²) >= 11 is 0. The monoisotopic (exact) mass is 290 g/mol. The number of hydrogen-bond acceptors (Lipinski definition) is 3. The maximum Gasteiger partial charge on any atom is 0.325 e. The molecule has 6 nitrogen and oxygen atoms in total. The van der Waals surface area contributed by atoms with E-state index in [1.165, 1.54) is 32.1 Å². The molecule has 3 rings (SSSR count). The number of rotatable bonds is 3. The van der Waals surface area contributed by atoms with Crippen LogP contribution in [0.5, 0.6) is 0 Å². The van der Waals surface area contributed by atoms with E-state index >= 15 is 0 Å². The van der Waals surface area contributed by atoms with Crippen LogP contribution in [-0.2, 0) is 11.3 Å². The molecular formula is C15H22N4O2. The molecule has 1 saturated carbocycles. The van der Waals surface area contributed by atoms with Crippen molar-refractivity contribution in [2.24, 2.45) is 0 Å². The van der Waals surface area contributed by atoms with E-state index in [4.69, 9.17) is 0 Å². The van der Waals surface area contributed by atoms with E-state index in [9.17, 15) is 9.59 Å². The van der Waals surface area contributed by atoms with Crippen molar-refractivity contribution in [2.75, 3.05) is 0 Å². The van der Waals surface area contributed by atoms with Gasteiger partial charge < -0.3 is 4.90 Å². The van der Waals surface area contributed by atoms with Gasteiger partial charge in [0.2, 0.25) is 0 Å². The molecule has 21 heavy (non-hydrogen) atoms. The Bertz CT molecular complexity index is 558. The molecule has 1 aromatic rings. The Morgan fingerprint density at radius 1 is 1.29 bits per heavy atom. The van der Waals surface area contributed by atoms with E-state index < -0.39 is 5.54 Å². The van der Waals surface area contributed by atoms with Crippen molar-refractivity contribution in [2.45, 2.75) is 64.1 Å². The summed E-state index contributed by atoms with van der Waals surface area (Å²) < 4.78 is 2.03. The first-order valence-corrected chi connectivity index (χ1v) is 7.65. The van der Waals surface area contributed by atoms with E-state index in [2.05, 4.69) is 10.4 Å². The molecule has 0 atom stereocenters. The van der Waals surface area contributed by atoms with Crippen molar-refractivity contribution >= 4 is 11.9 Å². The molecule has 1 aromatic heterocycles. The van der Waals surface area contributed by atoms with Gasteiger partial charge in [0.15, 0.2) is 0 Å². The predicted octanol–water partition coefficient (Wildman–Crippen LogP) is 2.22. The minimum absolute atomic E-state index is 0.251. The average molecular weight is 290 g/mol. The third-order valence-corrected chi connectivity index (χ3v) is 4.63. The molecule has 3 amide bonds. The molecule has 0 bridgehead atoms. The Morgan fingerprint density at radius 2 is 2.00 bits per heavy atom. The van der Waals surface area contributed by atoms with Crippen molar-refractivity contribution < 1.29 is 9.59 Å². The van der Waals surface area contributed by atoms with Crippen LogP contribution in [0, 0.1) is 0 Å². The van der Waals surface area contributed by atoms with Crippen molar-refractivity contribution in [1.82, 2.24) is 20.0 Å². The zero-order valence-corrected chi connectivity index (χ0v) is 12.6. The van der Waals surface area contributed by atoms with Gasteiger partial charge in [0.1, 0.15) is 5.54 Å². The SMILES string of the molecule is CC1(C)C(=O)NC(=O)N1Cc1ccn(C2CCCCC2)n1. The quantitative estimate of drug-likeness (QED) is 0.868. The third kappa shape index (κ3) is 2.54. The standard InChI is InChI=1S/C15H22N4O2/c1-15(2)13(20)16-14(21)18(15)10-11-8-9-19(17-11)12-6-4-3-5-7-12/h8-9,12H,3-7,10H2,1-2H3,(H,16,20,21). The van der Waals surface area contributed by atoms with Crippen LogP contribution in [0.15, 0.2) is 12.3 Å². The smallest absolute Gasteiger partial charge is 0.304 e. The van der Waals surface area contributed by atoms with E-state index in [1.807, 2.05) is 16.9 Å². The highest BCUT2D eigenvalue weighted by Gasteiger charge is 2.45. The van der Waals surface area contributed by atoms with Gasteiger partial charge in [-0.2, -0.15) is 5.10 Å². The Labute approximate surface area is 124 Å². The molecule has 1 saturated heterocycles. The summed E-state index contributed by atoms with van der Waals surface area (Å²) in [4.78, 5) is 25.2. The number of amides is 3. The molecule has 1 aliphatic carbocycles. The molecule has 1 aliphatic heterocycles. The largest absolute Gasteiger partial charge is 0.325 e. The van der Waals surface area contributed by atoms with Crippen LogP contribution in [-0.4, -0.2) is 32.2 Å². The van der Waals surface area contributed by atoms with Crippen molar-refractivity contribution in [3.05, 3.63) is 18.0 Å². The molecule has 0 radical (unpaired) electrons. The average Bonchev–Trinajstić information content (AvgIpc) is 3.00. The highest BCUT2D eigenvalue weighted by atomic mass is 16.2. The Balaban J connectivity index is 1.72. The Morgan fingerprint density at radius 3 is 2.62 bits per heavy atom. The van der Waals surface area contributed by atoms with Gasteiger partial charge in [-0.05, 0) is 32.8 Å². The lowest BCUT2D eigenvalue weighted by Gasteiger charge is -2.27. The molecule has 0 spiro atoms. The van der Waals surface area contributed by atoms with Crippen LogP contribution in [0.25, 0.3) is 0 Å². The number of aromatic nitrogens is 2. The first kappa shape index (κ1) is 14.1. The van der Waals surface area contributed by atoms with E-state index in [0.29, 0.717) is 12.6 Å². The number of nitrogens with zero attached hydrogens (tertiary/aromatic N) is 3. The fraction of sp³-hybridized carbons (Fsp3) is 0.667. The minimum Gasteiger partial charge on any atom is -0.304 e. The Hall–Kier alpha value is -1.85. The van der Waals surface area contributed by atoms with Crippen LogP contribution in [0.4, 0.5) is 4.79 Å². The molecular weight excluding hydrogens is 268 g/mol. The fourth-order valence-corrected chi connectivity index (χ4v) is 3.14. The van der Waals surface area contributed by atoms with Gasteiger partial charge in [0.05, 0.1) is 18.3 Å². The second-order valence-electron chi connectivity index (χ2n) is 6.48. The van der Waals surface area contributed by atoms with Crippen molar-refractivity contribution in [3.8, 4) is 0 Å². The van der Waals surface area contributed by atoms with Gasteiger partial charge in [-0.25, -0.2) is 4.79 Å². The van der Waals surface area contributed by atoms with E-state index in [-0.39, 0.29) is 11.9 Å². The van der Waals surface area contributed by atoms with Crippen LogP contribution >= 0.6 is 0 Å². The van der Waals surface area contributed by atoms with Gasteiger partial charge in [0, 0.05) is 6.20 Å². The summed E-state index contributed by atoms with van der Waals surface area (Å²) in [6.45, 7) is 3.88. The molecule has 0 unspecified atom stereocenters. The van der Waals surface area contributed by atoms with Gasteiger partial charge in [0.25, 0.3) is 5.91 Å². The molecule has 2 fully saturated rings. The van der Waals surface area contributed by atoms with Crippen LogP contribution in [0.1, 0.15) is 57.7 Å². The number of carbonyl (C=O) groups is 2. The first-order valence-electron chi connectivity index (χ1n) is 7.65. The zero-order valence-electron chi connectivity index (χ0n) is 12.6. The second kappa shape index (κ2) is 5.16. The van der Waals surface area contributed by atoms with Gasteiger partial charge >= 0.3 is 6.03 Å². The molecule has 6 heteroatoms. The van der Waals surface area contributed by atoms with E-state index in [0.717, 1.165) is 5.69 Å². The zero-order chi connectivity index (χ0) is 15.0. The maximum absolute atomic E-state index is 11.9. The maximum atomic E-state index is 11.9. The second-order valence-corrected chi connectivity index (χ2v) is 6.48. The summed E-state index contributed by atoms with van der Waals surface area (Å²) in [5, 5.41) is 6.97. The number of nitrogens with one attached hydrogen (secondary N) is 1. The lowest BCUT2D eigenvalue weighted by atomic mass is 9.96. The molecule has 0 aromatic carbocycles. The number of imide groups is 1. The van der Waals surface area contributed by atoms with Crippen LogP contribution in [0.2, 0.25) is 0 Å². The Kier molecular flexibility index (Phi) is 3.47. The fourth-order valence-electron chi connectivity index (χ4n) is 3.14. The number of hydrogen-bond donors (Lipinski definition) is 1. The van der Waals surface area contributed by atoms with Crippen molar-refractivity contribution in [1.29, 1.82) is 0 Å². The minimum atomic E-state index is -0.814. The van der Waals surface area contributed by atoms with Crippen LogP contribution < -0.4 is 5.32 Å². The molecule has 2 heterocycles. The number of carbonyl (C=O) groups excluding carboxylic acids is 2. The highest BCUT2D eigenvalue weighted by molar-refractivity contribution is 6.06. The predicted molar refractivity (Wildman–Crippen MR) is 77.5 cm³/mol. The summed E-state index contributed by atoms with van der Waals surface area (Å²) in [5.74, 6) is -0.251. The first-order chi connectivity index (χ1) is 9.98. The molecule has 114 valence electrons. The van der Waals surface area contributed by atoms with Crippen LogP contribution in [0.3, 0.4) is 0 Å². The van der Waals surface area contributed by atoms with Gasteiger partial charge in [-0.15, -0.1) is 0 Å². The summed E-state index contributed by atoms with van der Waals surface area (Å²) in [7, 11) is 0. The summed E-state index contributed by atoms with van der Waals surface area (Å²) in [5.41, 5.74) is 0.0182.